The Morgan fingerprint density at radius 3 is 3.07 bits per heavy atom. The average molecular weight is 236 g/mol. The molecule has 1 aliphatic rings. The van der Waals surface area contributed by atoms with Crippen molar-refractivity contribution in [2.75, 3.05) is 5.32 Å². The molecule has 3 N–H and O–H groups in total. The van der Waals surface area contributed by atoms with Crippen LogP contribution >= 0.6 is 22.7 Å². The van der Waals surface area contributed by atoms with Crippen molar-refractivity contribution in [1.82, 2.24) is 4.98 Å². The Morgan fingerprint density at radius 1 is 1.33 bits per heavy atom. The van der Waals surface area contributed by atoms with E-state index in [4.69, 9.17) is 5.73 Å². The van der Waals surface area contributed by atoms with Crippen LogP contribution in [0.25, 0.3) is 0 Å². The van der Waals surface area contributed by atoms with Crippen LogP contribution in [-0.4, -0.2) is 10.8 Å². The highest BCUT2D eigenvalue weighted by Gasteiger charge is 2.22. The molecule has 4 nitrogen and oxygen atoms in total. The van der Waals surface area contributed by atoms with E-state index in [1.165, 1.54) is 0 Å². The van der Waals surface area contributed by atoms with Crippen LogP contribution in [-0.2, 0) is 0 Å². The first kappa shape index (κ1) is 8.87. The molecule has 1 aliphatic heterocycles. The molecule has 0 saturated carbocycles. The standard InChI is InChI=1S/C9H8N4S2/c10-7-6-5(1-3-14-6)12-8(13-7)9-11-2-4-15-9/h1-4,8,12H,(H2,10,13). The molecule has 0 bridgehead atoms. The van der Waals surface area contributed by atoms with Gasteiger partial charge in [0.05, 0.1) is 10.6 Å². The number of rotatable bonds is 1. The lowest BCUT2D eigenvalue weighted by Crippen LogP contribution is -2.23. The number of hydrogen-bond acceptors (Lipinski definition) is 6. The van der Waals surface area contributed by atoms with E-state index in [-0.39, 0.29) is 6.17 Å². The monoisotopic (exact) mass is 236 g/mol. The van der Waals surface area contributed by atoms with Gasteiger partial charge in [0.1, 0.15) is 10.8 Å². The summed E-state index contributed by atoms with van der Waals surface area (Å²) in [5, 5.41) is 8.18. The minimum atomic E-state index is -0.132. The number of thiophene rings is 1. The number of amidine groups is 1. The topological polar surface area (TPSA) is 63.3 Å². The van der Waals surface area contributed by atoms with E-state index in [2.05, 4.69) is 15.3 Å². The molecule has 3 heterocycles. The molecule has 0 aliphatic carbocycles. The summed E-state index contributed by atoms with van der Waals surface area (Å²) >= 11 is 3.17. The molecule has 0 radical (unpaired) electrons. The van der Waals surface area contributed by atoms with Crippen LogP contribution in [0, 0.1) is 0 Å². The van der Waals surface area contributed by atoms with E-state index in [1.807, 2.05) is 16.8 Å². The number of anilines is 1. The molecule has 3 rings (SSSR count). The van der Waals surface area contributed by atoms with Gasteiger partial charge in [-0.15, -0.1) is 22.7 Å². The lowest BCUT2D eigenvalue weighted by atomic mass is 10.3. The molecule has 0 saturated heterocycles. The lowest BCUT2D eigenvalue weighted by molar-refractivity contribution is 0.817. The fraction of sp³-hybridized carbons (Fsp3) is 0.111. The second-order valence-corrected chi connectivity index (χ2v) is 4.94. The van der Waals surface area contributed by atoms with Gasteiger partial charge in [-0.1, -0.05) is 0 Å². The predicted octanol–water partition coefficient (Wildman–Crippen LogP) is 2.03. The second-order valence-electron chi connectivity index (χ2n) is 3.09. The number of aliphatic imine (C=N–C) groups is 1. The Kier molecular flexibility index (Phi) is 1.96. The van der Waals surface area contributed by atoms with E-state index < -0.39 is 0 Å². The molecule has 0 fully saturated rings. The lowest BCUT2D eigenvalue weighted by Gasteiger charge is -2.19. The van der Waals surface area contributed by atoms with Gasteiger partial charge in [0.25, 0.3) is 0 Å². The third-order valence-electron chi connectivity index (χ3n) is 2.14. The zero-order valence-corrected chi connectivity index (χ0v) is 9.31. The van der Waals surface area contributed by atoms with Crippen LogP contribution in [0.5, 0.6) is 0 Å². The third-order valence-corrected chi connectivity index (χ3v) is 3.91. The molecule has 0 amide bonds. The van der Waals surface area contributed by atoms with Crippen molar-refractivity contribution in [3.8, 4) is 0 Å². The number of fused-ring (bicyclic) bond motifs is 1. The Hall–Kier alpha value is -1.40. The van der Waals surface area contributed by atoms with Crippen molar-refractivity contribution in [3.05, 3.63) is 32.9 Å². The van der Waals surface area contributed by atoms with E-state index in [1.54, 1.807) is 28.9 Å². The molecule has 2 aromatic heterocycles. The van der Waals surface area contributed by atoms with Gasteiger partial charge >= 0.3 is 0 Å². The summed E-state index contributed by atoms with van der Waals surface area (Å²) in [5.74, 6) is 0.596. The van der Waals surface area contributed by atoms with Gasteiger partial charge < -0.3 is 11.1 Å². The van der Waals surface area contributed by atoms with Gasteiger partial charge in [0.15, 0.2) is 6.17 Å². The van der Waals surface area contributed by atoms with Gasteiger partial charge in [-0.25, -0.2) is 9.98 Å². The van der Waals surface area contributed by atoms with Crippen LogP contribution in [0.1, 0.15) is 16.1 Å². The number of nitrogens with two attached hydrogens (primary N) is 1. The number of hydrogen-bond donors (Lipinski definition) is 2. The van der Waals surface area contributed by atoms with Gasteiger partial charge in [-0.3, -0.25) is 0 Å². The molecule has 6 heteroatoms. The molecule has 1 atom stereocenters. The van der Waals surface area contributed by atoms with E-state index in [0.717, 1.165) is 15.6 Å². The van der Waals surface area contributed by atoms with Gasteiger partial charge in [0, 0.05) is 11.6 Å². The normalized spacial score (nSPS) is 19.2. The minimum Gasteiger partial charge on any atom is -0.383 e. The quantitative estimate of drug-likeness (QED) is 0.796. The van der Waals surface area contributed by atoms with Crippen LogP contribution < -0.4 is 11.1 Å². The summed E-state index contributed by atoms with van der Waals surface area (Å²) in [6.07, 6.45) is 1.64. The minimum absolute atomic E-state index is 0.132. The number of nitrogens with zero attached hydrogens (tertiary/aromatic N) is 2. The smallest absolute Gasteiger partial charge is 0.173 e. The Labute approximate surface area is 94.5 Å². The highest BCUT2D eigenvalue weighted by molar-refractivity contribution is 7.12. The number of thiazole rings is 1. The van der Waals surface area contributed by atoms with Crippen molar-refractivity contribution >= 4 is 34.2 Å². The first-order valence-electron chi connectivity index (χ1n) is 4.41. The first-order chi connectivity index (χ1) is 7.34. The first-order valence-corrected chi connectivity index (χ1v) is 6.17. The largest absolute Gasteiger partial charge is 0.383 e. The number of nitrogens with one attached hydrogen (secondary N) is 1. The highest BCUT2D eigenvalue weighted by Crippen LogP contribution is 2.32. The molecule has 0 aromatic carbocycles. The van der Waals surface area contributed by atoms with Crippen LogP contribution in [0.2, 0.25) is 0 Å². The summed E-state index contributed by atoms with van der Waals surface area (Å²) in [6, 6.07) is 2.02. The maximum Gasteiger partial charge on any atom is 0.173 e. The predicted molar refractivity (Wildman–Crippen MR) is 63.5 cm³/mol. The molecule has 76 valence electrons. The fourth-order valence-corrected chi connectivity index (χ4v) is 2.88. The van der Waals surface area contributed by atoms with Crippen LogP contribution in [0.3, 0.4) is 0 Å². The molecular formula is C9H8N4S2. The van der Waals surface area contributed by atoms with E-state index in [0.29, 0.717) is 5.84 Å². The van der Waals surface area contributed by atoms with Gasteiger partial charge in [0.2, 0.25) is 0 Å². The van der Waals surface area contributed by atoms with Gasteiger partial charge in [-0.05, 0) is 11.4 Å². The second kappa shape index (κ2) is 3.32. The maximum atomic E-state index is 5.88. The molecule has 2 aromatic rings. The summed E-state index contributed by atoms with van der Waals surface area (Å²) < 4.78 is 0. The van der Waals surface area contributed by atoms with E-state index >= 15 is 0 Å². The fourth-order valence-electron chi connectivity index (χ4n) is 1.49. The molecule has 1 unspecified atom stereocenters. The molecule has 15 heavy (non-hydrogen) atoms. The Bertz CT molecular complexity index is 500. The average Bonchev–Trinajstić information content (AvgIpc) is 2.88. The van der Waals surface area contributed by atoms with Crippen molar-refractivity contribution in [3.63, 3.8) is 0 Å². The Balaban J connectivity index is 2.02. The third kappa shape index (κ3) is 1.42. The summed E-state index contributed by atoms with van der Waals surface area (Å²) in [7, 11) is 0. The van der Waals surface area contributed by atoms with Gasteiger partial charge in [-0.2, -0.15) is 0 Å². The SMILES string of the molecule is NC1=NC(c2nccs2)Nc2ccsc21. The summed E-state index contributed by atoms with van der Waals surface area (Å²) in [4.78, 5) is 9.62. The zero-order valence-electron chi connectivity index (χ0n) is 7.68. The van der Waals surface area contributed by atoms with Crippen LogP contribution in [0.4, 0.5) is 5.69 Å². The van der Waals surface area contributed by atoms with Crippen LogP contribution in [0.15, 0.2) is 28.0 Å². The van der Waals surface area contributed by atoms with Crippen molar-refractivity contribution < 1.29 is 0 Å². The van der Waals surface area contributed by atoms with Crippen molar-refractivity contribution in [2.45, 2.75) is 6.17 Å². The summed E-state index contributed by atoms with van der Waals surface area (Å²) in [5.41, 5.74) is 6.93. The van der Waals surface area contributed by atoms with Crippen molar-refractivity contribution in [2.24, 2.45) is 10.7 Å². The highest BCUT2D eigenvalue weighted by atomic mass is 32.1. The summed E-state index contributed by atoms with van der Waals surface area (Å²) in [6.45, 7) is 0. The molecular weight excluding hydrogens is 228 g/mol. The van der Waals surface area contributed by atoms with E-state index in [9.17, 15) is 0 Å². The Morgan fingerprint density at radius 2 is 2.27 bits per heavy atom. The number of aromatic nitrogens is 1. The maximum absolute atomic E-state index is 5.88. The zero-order chi connectivity index (χ0) is 10.3. The van der Waals surface area contributed by atoms with Crippen molar-refractivity contribution in [1.29, 1.82) is 0 Å². The molecule has 0 spiro atoms.